The fourth-order valence-electron chi connectivity index (χ4n) is 3.17. The van der Waals surface area contributed by atoms with Gasteiger partial charge < -0.3 is 19.7 Å². The van der Waals surface area contributed by atoms with Crippen molar-refractivity contribution in [3.05, 3.63) is 30.6 Å². The van der Waals surface area contributed by atoms with E-state index in [1.165, 1.54) is 7.11 Å². The van der Waals surface area contributed by atoms with Gasteiger partial charge in [-0.15, -0.1) is 0 Å². The molecule has 0 aliphatic carbocycles. The van der Waals surface area contributed by atoms with E-state index in [2.05, 4.69) is 25.2 Å². The van der Waals surface area contributed by atoms with E-state index >= 15 is 0 Å². The second kappa shape index (κ2) is 9.72. The van der Waals surface area contributed by atoms with Crippen LogP contribution in [0.1, 0.15) is 19.3 Å². The standard InChI is InChI=1S/C19H25N5O4/c1-27-19(26)20-8-7-18(25)24-10-2-3-14(12-24)13-28-15-4-5-16(21-11-15)17-6-9-22-23-17/h4-6,9,11,14H,2-3,7-8,10,12-13H2,1H3,(H,20,26)(H,22,23)/t14-/m1/s1. The Kier molecular flexibility index (Phi) is 6.83. The van der Waals surface area contributed by atoms with E-state index in [1.54, 1.807) is 12.4 Å². The summed E-state index contributed by atoms with van der Waals surface area (Å²) >= 11 is 0. The zero-order valence-corrected chi connectivity index (χ0v) is 15.9. The Labute approximate surface area is 163 Å². The first-order valence-electron chi connectivity index (χ1n) is 9.34. The molecule has 150 valence electrons. The van der Waals surface area contributed by atoms with Gasteiger partial charge in [-0.2, -0.15) is 5.10 Å². The van der Waals surface area contributed by atoms with Crippen molar-refractivity contribution in [3.8, 4) is 17.1 Å². The number of H-pyrrole nitrogens is 1. The van der Waals surface area contributed by atoms with E-state index in [0.29, 0.717) is 18.9 Å². The van der Waals surface area contributed by atoms with Crippen molar-refractivity contribution in [3.63, 3.8) is 0 Å². The molecule has 1 atom stereocenters. The maximum atomic E-state index is 12.3. The molecule has 2 amide bonds. The molecule has 0 radical (unpaired) electrons. The lowest BCUT2D eigenvalue weighted by Gasteiger charge is -2.32. The van der Waals surface area contributed by atoms with Gasteiger partial charge in [0.15, 0.2) is 0 Å². The first-order valence-corrected chi connectivity index (χ1v) is 9.34. The maximum Gasteiger partial charge on any atom is 0.406 e. The van der Waals surface area contributed by atoms with Crippen LogP contribution in [0.3, 0.4) is 0 Å². The number of pyridine rings is 1. The highest BCUT2D eigenvalue weighted by atomic mass is 16.5. The van der Waals surface area contributed by atoms with Crippen molar-refractivity contribution >= 4 is 12.0 Å². The number of hydrogen-bond acceptors (Lipinski definition) is 6. The summed E-state index contributed by atoms with van der Waals surface area (Å²) in [4.78, 5) is 29.6. The minimum absolute atomic E-state index is 0.0340. The third-order valence-corrected chi connectivity index (χ3v) is 4.66. The van der Waals surface area contributed by atoms with Crippen LogP contribution in [-0.4, -0.2) is 65.4 Å². The lowest BCUT2D eigenvalue weighted by molar-refractivity contribution is -0.133. The van der Waals surface area contributed by atoms with Gasteiger partial charge in [0.1, 0.15) is 5.75 Å². The van der Waals surface area contributed by atoms with Crippen LogP contribution < -0.4 is 10.1 Å². The molecule has 2 N–H and O–H groups in total. The average Bonchev–Trinajstić information content (AvgIpc) is 3.27. The van der Waals surface area contributed by atoms with Gasteiger partial charge in [0.05, 0.1) is 31.3 Å². The van der Waals surface area contributed by atoms with E-state index < -0.39 is 6.09 Å². The number of methoxy groups -OCH3 is 1. The summed E-state index contributed by atoms with van der Waals surface area (Å²) in [5.74, 6) is 1.01. The molecule has 0 aromatic carbocycles. The third-order valence-electron chi connectivity index (χ3n) is 4.66. The number of likely N-dealkylation sites (tertiary alicyclic amines) is 1. The summed E-state index contributed by atoms with van der Waals surface area (Å²) in [6, 6.07) is 5.62. The fourth-order valence-corrected chi connectivity index (χ4v) is 3.17. The summed E-state index contributed by atoms with van der Waals surface area (Å²) in [5, 5.41) is 9.32. The molecule has 2 aromatic rings. The third kappa shape index (κ3) is 5.45. The van der Waals surface area contributed by atoms with Crippen molar-refractivity contribution in [2.24, 2.45) is 5.92 Å². The predicted octanol–water partition coefficient (Wildman–Crippen LogP) is 1.84. The first-order chi connectivity index (χ1) is 13.7. The smallest absolute Gasteiger partial charge is 0.406 e. The van der Waals surface area contributed by atoms with Crippen LogP contribution in [-0.2, 0) is 9.53 Å². The lowest BCUT2D eigenvalue weighted by Crippen LogP contribution is -2.42. The van der Waals surface area contributed by atoms with E-state index in [1.807, 2.05) is 23.1 Å². The maximum absolute atomic E-state index is 12.3. The molecule has 3 rings (SSSR count). The van der Waals surface area contributed by atoms with E-state index in [9.17, 15) is 9.59 Å². The molecule has 1 saturated heterocycles. The summed E-state index contributed by atoms with van der Waals surface area (Å²) in [5.41, 5.74) is 1.66. The second-order valence-electron chi connectivity index (χ2n) is 6.68. The summed E-state index contributed by atoms with van der Waals surface area (Å²) in [6.07, 6.45) is 5.08. The number of rotatable bonds is 7. The average molecular weight is 387 g/mol. The second-order valence-corrected chi connectivity index (χ2v) is 6.68. The Morgan fingerprint density at radius 3 is 2.96 bits per heavy atom. The zero-order valence-electron chi connectivity index (χ0n) is 15.9. The number of piperidine rings is 1. The van der Waals surface area contributed by atoms with Crippen LogP contribution in [0.25, 0.3) is 11.4 Å². The Morgan fingerprint density at radius 2 is 2.25 bits per heavy atom. The SMILES string of the molecule is COC(=O)NCCC(=O)N1CCC[C@@H](COc2ccc(-c3ccn[nH]3)nc2)C1. The number of nitrogens with zero attached hydrogens (tertiary/aromatic N) is 3. The van der Waals surface area contributed by atoms with Gasteiger partial charge in [-0.1, -0.05) is 0 Å². The molecule has 9 nitrogen and oxygen atoms in total. The highest BCUT2D eigenvalue weighted by Gasteiger charge is 2.24. The van der Waals surface area contributed by atoms with Crippen LogP contribution in [0.2, 0.25) is 0 Å². The van der Waals surface area contributed by atoms with Crippen molar-refractivity contribution < 1.29 is 19.1 Å². The molecular formula is C19H25N5O4. The minimum Gasteiger partial charge on any atom is -0.492 e. The summed E-state index contributed by atoms with van der Waals surface area (Å²) in [6.45, 7) is 2.22. The van der Waals surface area contributed by atoms with E-state index in [-0.39, 0.29) is 24.8 Å². The van der Waals surface area contributed by atoms with Gasteiger partial charge in [0, 0.05) is 38.2 Å². The van der Waals surface area contributed by atoms with Gasteiger partial charge in [0.2, 0.25) is 5.91 Å². The number of nitrogens with one attached hydrogen (secondary N) is 2. The van der Waals surface area contributed by atoms with E-state index in [0.717, 1.165) is 30.8 Å². The quantitative estimate of drug-likeness (QED) is 0.750. The highest BCUT2D eigenvalue weighted by Crippen LogP contribution is 2.21. The van der Waals surface area contributed by atoms with Gasteiger partial charge in [-0.25, -0.2) is 4.79 Å². The van der Waals surface area contributed by atoms with Crippen LogP contribution in [0.5, 0.6) is 5.75 Å². The molecule has 1 aliphatic rings. The lowest BCUT2D eigenvalue weighted by atomic mass is 9.98. The number of aromatic nitrogens is 3. The number of carbonyl (C=O) groups excluding carboxylic acids is 2. The minimum atomic E-state index is -0.523. The fraction of sp³-hybridized carbons (Fsp3) is 0.474. The molecule has 2 aromatic heterocycles. The first kappa shape index (κ1) is 19.7. The molecule has 28 heavy (non-hydrogen) atoms. The van der Waals surface area contributed by atoms with Crippen LogP contribution >= 0.6 is 0 Å². The molecule has 0 spiro atoms. The van der Waals surface area contributed by atoms with Crippen molar-refractivity contribution in [1.82, 2.24) is 25.4 Å². The Hall–Kier alpha value is -3.10. The molecule has 9 heteroatoms. The normalized spacial score (nSPS) is 16.5. The molecule has 3 heterocycles. The number of hydrogen-bond donors (Lipinski definition) is 2. The molecule has 0 unspecified atom stereocenters. The molecule has 0 bridgehead atoms. The van der Waals surface area contributed by atoms with Crippen molar-refractivity contribution in [1.29, 1.82) is 0 Å². The molecule has 1 aliphatic heterocycles. The van der Waals surface area contributed by atoms with Crippen molar-refractivity contribution in [2.45, 2.75) is 19.3 Å². The zero-order chi connectivity index (χ0) is 19.8. The van der Waals surface area contributed by atoms with Crippen molar-refractivity contribution in [2.75, 3.05) is 33.4 Å². The topological polar surface area (TPSA) is 109 Å². The van der Waals surface area contributed by atoms with Gasteiger partial charge >= 0.3 is 6.09 Å². The molecular weight excluding hydrogens is 362 g/mol. The number of aromatic amines is 1. The largest absolute Gasteiger partial charge is 0.492 e. The monoisotopic (exact) mass is 387 g/mol. The number of amides is 2. The predicted molar refractivity (Wildman–Crippen MR) is 102 cm³/mol. The molecule has 1 fully saturated rings. The summed E-state index contributed by atoms with van der Waals surface area (Å²) < 4.78 is 10.4. The number of ether oxygens (including phenoxy) is 2. The van der Waals surface area contributed by atoms with E-state index in [4.69, 9.17) is 4.74 Å². The van der Waals surface area contributed by atoms with Gasteiger partial charge in [0.25, 0.3) is 0 Å². The molecule has 0 saturated carbocycles. The van der Waals surface area contributed by atoms with Gasteiger partial charge in [-0.3, -0.25) is 14.9 Å². The Bertz CT molecular complexity index is 763. The van der Waals surface area contributed by atoms with Crippen LogP contribution in [0.15, 0.2) is 30.6 Å². The van der Waals surface area contributed by atoms with Crippen LogP contribution in [0.4, 0.5) is 4.79 Å². The Balaban J connectivity index is 1.43. The highest BCUT2D eigenvalue weighted by molar-refractivity contribution is 5.77. The number of alkyl carbamates (subject to hydrolysis) is 1. The summed E-state index contributed by atoms with van der Waals surface area (Å²) in [7, 11) is 1.30. The Morgan fingerprint density at radius 1 is 1.36 bits per heavy atom. The van der Waals surface area contributed by atoms with Crippen LogP contribution in [0, 0.1) is 5.92 Å². The van der Waals surface area contributed by atoms with Gasteiger partial charge in [-0.05, 0) is 31.0 Å². The number of carbonyl (C=O) groups is 2.